The van der Waals surface area contributed by atoms with Crippen LogP contribution in [-0.4, -0.2) is 55.1 Å². The molecule has 0 saturated carbocycles. The topological polar surface area (TPSA) is 85.7 Å². The third-order valence-electron chi connectivity index (χ3n) is 6.19. The smallest absolute Gasteiger partial charge is 0.340 e. The van der Waals surface area contributed by atoms with Gasteiger partial charge in [-0.2, -0.15) is 0 Å². The van der Waals surface area contributed by atoms with E-state index in [0.717, 1.165) is 5.56 Å². The summed E-state index contributed by atoms with van der Waals surface area (Å²) in [5.74, 6) is -1.12. The van der Waals surface area contributed by atoms with Gasteiger partial charge in [-0.1, -0.05) is 48.5 Å². The van der Waals surface area contributed by atoms with E-state index in [1.807, 2.05) is 30.3 Å². The molecule has 8 heteroatoms. The van der Waals surface area contributed by atoms with Gasteiger partial charge in [0.25, 0.3) is 0 Å². The number of aromatic nitrogens is 1. The quantitative estimate of drug-likeness (QED) is 0.493. The Morgan fingerprint density at radius 3 is 2.55 bits per heavy atom. The van der Waals surface area contributed by atoms with E-state index < -0.39 is 21.9 Å². The number of piperidine rings is 1. The van der Waals surface area contributed by atoms with Crippen LogP contribution in [0.25, 0.3) is 10.9 Å². The molecule has 0 N–H and O–H groups in total. The van der Waals surface area contributed by atoms with E-state index in [0.29, 0.717) is 48.7 Å². The minimum atomic E-state index is -3.46. The Morgan fingerprint density at radius 2 is 1.79 bits per heavy atom. The summed E-state index contributed by atoms with van der Waals surface area (Å²) in [7, 11) is -2.16. The number of para-hydroxylation sites is 1. The summed E-state index contributed by atoms with van der Waals surface area (Å²) in [6.45, 7) is 0.587. The molecule has 1 fully saturated rings. The van der Waals surface area contributed by atoms with Crippen LogP contribution in [0.3, 0.4) is 0 Å². The average Bonchev–Trinajstić information content (AvgIpc) is 3.23. The molecule has 3 aromatic rings. The van der Waals surface area contributed by atoms with Gasteiger partial charge in [-0.3, -0.25) is 9.36 Å². The van der Waals surface area contributed by atoms with Gasteiger partial charge in [0, 0.05) is 24.7 Å². The highest BCUT2D eigenvalue weighted by Gasteiger charge is 2.33. The van der Waals surface area contributed by atoms with E-state index in [1.165, 1.54) is 22.2 Å². The number of sulfonamides is 1. The first-order chi connectivity index (χ1) is 15.9. The maximum Gasteiger partial charge on any atom is 0.340 e. The predicted molar refractivity (Wildman–Crippen MR) is 127 cm³/mol. The van der Waals surface area contributed by atoms with Crippen molar-refractivity contribution in [1.29, 1.82) is 0 Å². The number of aryl methyl sites for hydroxylation is 1. The van der Waals surface area contributed by atoms with Crippen molar-refractivity contribution in [2.45, 2.75) is 25.7 Å². The molecule has 1 saturated heterocycles. The number of fused-ring (bicyclic) bond motifs is 1. The summed E-state index contributed by atoms with van der Waals surface area (Å²) in [5.41, 5.74) is 2.05. The number of methoxy groups -OCH3 is 1. The third-order valence-corrected chi connectivity index (χ3v) is 8.12. The molecule has 1 aliphatic rings. The Bertz CT molecular complexity index is 1250. The minimum absolute atomic E-state index is 0.0573. The number of rotatable bonds is 7. The molecule has 0 bridgehead atoms. The lowest BCUT2D eigenvalue weighted by Crippen LogP contribution is -2.44. The van der Waals surface area contributed by atoms with Crippen molar-refractivity contribution in [3.8, 4) is 0 Å². The zero-order valence-corrected chi connectivity index (χ0v) is 19.5. The lowest BCUT2D eigenvalue weighted by Gasteiger charge is -2.31. The van der Waals surface area contributed by atoms with Crippen LogP contribution in [0.2, 0.25) is 0 Å². The summed E-state index contributed by atoms with van der Waals surface area (Å²) in [5, 5.41) is 0.638. The van der Waals surface area contributed by atoms with Crippen molar-refractivity contribution in [3.05, 3.63) is 71.9 Å². The normalized spacial score (nSPS) is 17.2. The van der Waals surface area contributed by atoms with Crippen LogP contribution in [0, 0.1) is 5.92 Å². The van der Waals surface area contributed by atoms with Crippen LogP contribution < -0.4 is 0 Å². The van der Waals surface area contributed by atoms with Crippen LogP contribution in [0.1, 0.15) is 40.0 Å². The van der Waals surface area contributed by atoms with Gasteiger partial charge >= 0.3 is 5.97 Å². The molecule has 1 aliphatic heterocycles. The van der Waals surface area contributed by atoms with Gasteiger partial charge in [-0.05, 0) is 37.3 Å². The molecule has 1 atom stereocenters. The Kier molecular flexibility index (Phi) is 6.95. The molecule has 2 aromatic carbocycles. The van der Waals surface area contributed by atoms with Gasteiger partial charge in [0.1, 0.15) is 0 Å². The standard InChI is InChI=1S/C25H28N2O5S/c1-32-25(29)22-18-27(23-14-6-5-13-21(22)23)24(28)20-12-7-15-26(17-20)33(30,31)16-8-11-19-9-3-2-4-10-19/h2-6,9-10,13-14,18,20H,7-8,11-12,15-17H2,1H3. The van der Waals surface area contributed by atoms with Crippen LogP contribution in [-0.2, 0) is 21.2 Å². The first kappa shape index (κ1) is 23.2. The third kappa shape index (κ3) is 5.02. The van der Waals surface area contributed by atoms with Gasteiger partial charge in [0.05, 0.1) is 29.9 Å². The minimum Gasteiger partial charge on any atom is -0.465 e. The molecule has 7 nitrogen and oxygen atoms in total. The van der Waals surface area contributed by atoms with Crippen molar-refractivity contribution in [2.24, 2.45) is 5.92 Å². The summed E-state index contributed by atoms with van der Waals surface area (Å²) in [6, 6.07) is 17.0. The first-order valence-electron chi connectivity index (χ1n) is 11.1. The monoisotopic (exact) mass is 468 g/mol. The molecule has 2 heterocycles. The van der Waals surface area contributed by atoms with E-state index in [2.05, 4.69) is 0 Å². The molecule has 0 radical (unpaired) electrons. The molecule has 1 aromatic heterocycles. The summed E-state index contributed by atoms with van der Waals surface area (Å²) in [6.07, 6.45) is 3.96. The van der Waals surface area contributed by atoms with Gasteiger partial charge in [0.15, 0.2) is 0 Å². The average molecular weight is 469 g/mol. The van der Waals surface area contributed by atoms with Gasteiger partial charge in [-0.25, -0.2) is 17.5 Å². The number of nitrogens with zero attached hydrogens (tertiary/aromatic N) is 2. The summed E-state index contributed by atoms with van der Waals surface area (Å²) in [4.78, 5) is 25.6. The highest BCUT2D eigenvalue weighted by molar-refractivity contribution is 7.89. The first-order valence-corrected chi connectivity index (χ1v) is 12.8. The van der Waals surface area contributed by atoms with E-state index in [4.69, 9.17) is 4.74 Å². The van der Waals surface area contributed by atoms with Crippen molar-refractivity contribution in [3.63, 3.8) is 0 Å². The zero-order valence-electron chi connectivity index (χ0n) is 18.6. The Labute approximate surface area is 194 Å². The zero-order chi connectivity index (χ0) is 23.4. The number of hydrogen-bond acceptors (Lipinski definition) is 5. The fourth-order valence-corrected chi connectivity index (χ4v) is 6.04. The number of esters is 1. The molecular formula is C25H28N2O5S. The number of carbonyl (C=O) groups is 2. The molecule has 4 rings (SSSR count). The fraction of sp³-hybridized carbons (Fsp3) is 0.360. The van der Waals surface area contributed by atoms with Crippen molar-refractivity contribution in [1.82, 2.24) is 8.87 Å². The highest BCUT2D eigenvalue weighted by atomic mass is 32.2. The van der Waals surface area contributed by atoms with Gasteiger partial charge in [-0.15, -0.1) is 0 Å². The van der Waals surface area contributed by atoms with E-state index in [9.17, 15) is 18.0 Å². The van der Waals surface area contributed by atoms with Crippen LogP contribution in [0.15, 0.2) is 60.8 Å². The molecule has 1 unspecified atom stereocenters. The molecule has 0 aliphatic carbocycles. The predicted octanol–water partition coefficient (Wildman–Crippen LogP) is 3.74. The van der Waals surface area contributed by atoms with Gasteiger partial charge in [0.2, 0.25) is 15.9 Å². The second-order valence-corrected chi connectivity index (χ2v) is 10.5. The maximum atomic E-state index is 13.4. The number of carbonyl (C=O) groups excluding carboxylic acids is 2. The Morgan fingerprint density at radius 1 is 1.06 bits per heavy atom. The fourth-order valence-electron chi connectivity index (χ4n) is 4.46. The van der Waals surface area contributed by atoms with E-state index in [-0.39, 0.29) is 18.2 Å². The van der Waals surface area contributed by atoms with E-state index >= 15 is 0 Å². The molecule has 33 heavy (non-hydrogen) atoms. The largest absolute Gasteiger partial charge is 0.465 e. The lowest BCUT2D eigenvalue weighted by molar-refractivity contribution is 0.0603. The molecular weight excluding hydrogens is 440 g/mol. The highest BCUT2D eigenvalue weighted by Crippen LogP contribution is 2.27. The summed E-state index contributed by atoms with van der Waals surface area (Å²) < 4.78 is 33.7. The summed E-state index contributed by atoms with van der Waals surface area (Å²) >= 11 is 0. The van der Waals surface area contributed by atoms with Crippen molar-refractivity contribution in [2.75, 3.05) is 26.0 Å². The van der Waals surface area contributed by atoms with E-state index in [1.54, 1.807) is 24.3 Å². The number of ether oxygens (including phenoxy) is 1. The van der Waals surface area contributed by atoms with Crippen molar-refractivity contribution < 1.29 is 22.7 Å². The maximum absolute atomic E-state index is 13.4. The molecule has 174 valence electrons. The second kappa shape index (κ2) is 9.89. The van der Waals surface area contributed by atoms with Crippen LogP contribution in [0.4, 0.5) is 0 Å². The lowest BCUT2D eigenvalue weighted by atomic mass is 9.98. The number of benzene rings is 2. The molecule has 0 spiro atoms. The number of hydrogen-bond donors (Lipinski definition) is 0. The Balaban J connectivity index is 1.48. The second-order valence-electron chi connectivity index (χ2n) is 8.36. The van der Waals surface area contributed by atoms with Gasteiger partial charge < -0.3 is 4.74 Å². The van der Waals surface area contributed by atoms with Crippen LogP contribution in [0.5, 0.6) is 0 Å². The van der Waals surface area contributed by atoms with Crippen LogP contribution >= 0.6 is 0 Å². The molecule has 0 amide bonds. The SMILES string of the molecule is COC(=O)c1cn(C(=O)C2CCCN(S(=O)(=O)CCCc3ccccc3)C2)c2ccccc12. The Hall–Kier alpha value is -2.97. The van der Waals surface area contributed by atoms with Crippen molar-refractivity contribution >= 4 is 32.8 Å².